The maximum atomic E-state index is 14.3. The minimum atomic E-state index is -1.14. The lowest BCUT2D eigenvalue weighted by Crippen LogP contribution is -2.26. The fourth-order valence-electron chi connectivity index (χ4n) is 4.05. The normalized spacial score (nSPS) is 13.8. The van der Waals surface area contributed by atoms with Gasteiger partial charge in [-0.1, -0.05) is 76.3 Å². The highest BCUT2D eigenvalue weighted by molar-refractivity contribution is 6.21. The van der Waals surface area contributed by atoms with Crippen molar-refractivity contribution >= 4 is 17.6 Å². The van der Waals surface area contributed by atoms with Crippen molar-refractivity contribution in [1.82, 2.24) is 0 Å². The quantitative estimate of drug-likeness (QED) is 0.163. The van der Waals surface area contributed by atoms with E-state index in [0.717, 1.165) is 49.8 Å². The second-order valence-electron chi connectivity index (χ2n) is 8.99. The van der Waals surface area contributed by atoms with E-state index in [-0.39, 0.29) is 18.3 Å². The number of hydrogen-bond donors (Lipinski definition) is 1. The zero-order valence-corrected chi connectivity index (χ0v) is 21.8. The van der Waals surface area contributed by atoms with E-state index in [0.29, 0.717) is 18.6 Å². The number of carbonyl (C=O) groups is 1. The van der Waals surface area contributed by atoms with E-state index in [1.807, 2.05) is 37.3 Å². The van der Waals surface area contributed by atoms with Gasteiger partial charge in [0.2, 0.25) is 0 Å². The summed E-state index contributed by atoms with van der Waals surface area (Å²) in [6.07, 6.45) is 7.54. The Morgan fingerprint density at radius 2 is 1.66 bits per heavy atom. The molecule has 2 rings (SSSR count). The first-order valence-electron chi connectivity index (χ1n) is 12.9. The van der Waals surface area contributed by atoms with E-state index in [1.54, 1.807) is 18.2 Å². The minimum absolute atomic E-state index is 0.00842. The van der Waals surface area contributed by atoms with Crippen LogP contribution in [0.1, 0.15) is 82.0 Å². The third-order valence-electron chi connectivity index (χ3n) is 6.09. The zero-order chi connectivity index (χ0) is 25.5. The number of aromatic carboxylic acids is 1. The van der Waals surface area contributed by atoms with Gasteiger partial charge in [0.1, 0.15) is 11.9 Å². The highest BCUT2D eigenvalue weighted by atomic mass is 35.5. The molecule has 0 amide bonds. The van der Waals surface area contributed by atoms with Crippen molar-refractivity contribution in [3.8, 4) is 16.9 Å². The number of carboxylic acid groups (broad SMARTS) is 1. The average Bonchev–Trinajstić information content (AvgIpc) is 2.87. The van der Waals surface area contributed by atoms with Gasteiger partial charge in [-0.15, -0.1) is 11.6 Å². The predicted molar refractivity (Wildman–Crippen MR) is 142 cm³/mol. The third kappa shape index (κ3) is 10.6. The van der Waals surface area contributed by atoms with Crippen molar-refractivity contribution in [2.24, 2.45) is 0 Å². The molecule has 0 spiro atoms. The third-order valence-corrected chi connectivity index (χ3v) is 6.58. The molecule has 35 heavy (non-hydrogen) atoms. The van der Waals surface area contributed by atoms with Gasteiger partial charge >= 0.3 is 5.97 Å². The summed E-state index contributed by atoms with van der Waals surface area (Å²) in [5.74, 6) is -0.214. The van der Waals surface area contributed by atoms with Crippen LogP contribution in [0.5, 0.6) is 5.75 Å². The van der Waals surface area contributed by atoms with Crippen LogP contribution in [-0.4, -0.2) is 41.9 Å². The van der Waals surface area contributed by atoms with Crippen molar-refractivity contribution in [2.75, 3.05) is 13.2 Å². The maximum Gasteiger partial charge on any atom is 0.336 e. The van der Waals surface area contributed by atoms with Gasteiger partial charge in [0.05, 0.1) is 30.3 Å². The van der Waals surface area contributed by atoms with Crippen LogP contribution in [0.3, 0.4) is 0 Å². The number of benzene rings is 2. The molecule has 4 nitrogen and oxygen atoms in total. The van der Waals surface area contributed by atoms with Gasteiger partial charge in [-0.25, -0.2) is 9.18 Å². The van der Waals surface area contributed by atoms with Crippen LogP contribution in [0, 0.1) is 0 Å². The smallest absolute Gasteiger partial charge is 0.336 e. The van der Waals surface area contributed by atoms with Crippen LogP contribution in [-0.2, 0) is 4.74 Å². The van der Waals surface area contributed by atoms with E-state index < -0.39 is 17.5 Å². The molecule has 0 aliphatic heterocycles. The molecule has 1 N–H and O–H groups in total. The summed E-state index contributed by atoms with van der Waals surface area (Å²) in [5, 5.41) is 8.92. The summed E-state index contributed by atoms with van der Waals surface area (Å²) in [6.45, 7) is 4.77. The summed E-state index contributed by atoms with van der Waals surface area (Å²) in [7, 11) is 0. The fourth-order valence-corrected chi connectivity index (χ4v) is 4.34. The van der Waals surface area contributed by atoms with Gasteiger partial charge in [-0.3, -0.25) is 0 Å². The number of hydrogen-bond acceptors (Lipinski definition) is 3. The molecule has 194 valence electrons. The second kappa shape index (κ2) is 16.5. The fraction of sp³-hybridized carbons (Fsp3) is 0.552. The first-order valence-corrected chi connectivity index (χ1v) is 13.3. The summed E-state index contributed by atoms with van der Waals surface area (Å²) in [6, 6.07) is 14.4. The molecule has 2 aromatic carbocycles. The lowest BCUT2D eigenvalue weighted by atomic mass is 10.00. The zero-order valence-electron chi connectivity index (χ0n) is 21.1. The topological polar surface area (TPSA) is 55.8 Å². The molecular weight excluding hydrogens is 467 g/mol. The van der Waals surface area contributed by atoms with Crippen molar-refractivity contribution in [3.05, 3.63) is 54.1 Å². The van der Waals surface area contributed by atoms with E-state index in [4.69, 9.17) is 21.1 Å². The average molecular weight is 507 g/mol. The Bertz CT molecular complexity index is 858. The summed E-state index contributed by atoms with van der Waals surface area (Å²) in [4.78, 5) is 11.5. The second-order valence-corrected chi connectivity index (χ2v) is 9.55. The van der Waals surface area contributed by atoms with Crippen molar-refractivity contribution in [2.45, 2.75) is 89.3 Å². The number of rotatable bonds is 18. The molecule has 1 unspecified atom stereocenters. The molecule has 0 saturated carbocycles. The van der Waals surface area contributed by atoms with E-state index >= 15 is 0 Å². The molecule has 0 saturated heterocycles. The molecule has 0 aliphatic rings. The molecule has 0 aliphatic carbocycles. The van der Waals surface area contributed by atoms with Crippen LogP contribution in [0.4, 0.5) is 4.39 Å². The first-order chi connectivity index (χ1) is 17.0. The minimum Gasteiger partial charge on any atom is -0.494 e. The molecule has 0 radical (unpaired) electrons. The number of halogens is 2. The standard InChI is InChI=1S/C29H40ClFO4/c1-3-5-6-7-12-23(35-21-28(31)27(30)11-4-2)13-10-20-34-24-18-16-22(17-19-24)25-14-8-9-15-26(25)29(32)33/h8-9,14-19,23,27-28H,3-7,10-13,20-21H2,1-2H3,(H,32,33)/t23?,27-,28-/m0/s1. The lowest BCUT2D eigenvalue weighted by molar-refractivity contribution is 0.00451. The number of unbranched alkanes of at least 4 members (excludes halogenated alkanes) is 3. The van der Waals surface area contributed by atoms with Crippen LogP contribution in [0.25, 0.3) is 11.1 Å². The van der Waals surface area contributed by atoms with Gasteiger partial charge in [0, 0.05) is 0 Å². The molecule has 0 heterocycles. The van der Waals surface area contributed by atoms with Crippen LogP contribution in [0.2, 0.25) is 0 Å². The first kappa shape index (κ1) is 29.1. The molecular formula is C29H40ClFO4. The Labute approximate surface area is 214 Å². The van der Waals surface area contributed by atoms with Crippen LogP contribution >= 0.6 is 11.6 Å². The Hall–Kier alpha value is -2.11. The Morgan fingerprint density at radius 1 is 0.943 bits per heavy atom. The highest BCUT2D eigenvalue weighted by Crippen LogP contribution is 2.26. The molecule has 0 bridgehead atoms. The predicted octanol–water partition coefficient (Wildman–Crippen LogP) is 8.31. The largest absolute Gasteiger partial charge is 0.494 e. The van der Waals surface area contributed by atoms with E-state index in [2.05, 4.69) is 6.92 Å². The van der Waals surface area contributed by atoms with Crippen molar-refractivity contribution in [1.29, 1.82) is 0 Å². The molecule has 0 aromatic heterocycles. The number of alkyl halides is 2. The van der Waals surface area contributed by atoms with Crippen LogP contribution in [0.15, 0.2) is 48.5 Å². The Kier molecular flexibility index (Phi) is 13.8. The van der Waals surface area contributed by atoms with Gasteiger partial charge in [-0.2, -0.15) is 0 Å². The Balaban J connectivity index is 1.83. The number of ether oxygens (including phenoxy) is 2. The Morgan fingerprint density at radius 3 is 2.34 bits per heavy atom. The molecule has 3 atom stereocenters. The van der Waals surface area contributed by atoms with Crippen LogP contribution < -0.4 is 4.74 Å². The molecule has 6 heteroatoms. The highest BCUT2D eigenvalue weighted by Gasteiger charge is 2.20. The van der Waals surface area contributed by atoms with Crippen molar-refractivity contribution < 1.29 is 23.8 Å². The van der Waals surface area contributed by atoms with Gasteiger partial charge in [-0.05, 0) is 55.0 Å². The SMILES string of the molecule is CCCCCCC(CCCOc1ccc(-c2ccccc2C(=O)O)cc1)OC[C@H](F)[C@@H](Cl)CCC. The number of carboxylic acids is 1. The van der Waals surface area contributed by atoms with Gasteiger partial charge < -0.3 is 14.6 Å². The summed E-state index contributed by atoms with van der Waals surface area (Å²) in [5.41, 5.74) is 1.79. The van der Waals surface area contributed by atoms with Gasteiger partial charge in [0.15, 0.2) is 0 Å². The summed E-state index contributed by atoms with van der Waals surface area (Å²) < 4.78 is 26.1. The maximum absolute atomic E-state index is 14.3. The van der Waals surface area contributed by atoms with E-state index in [9.17, 15) is 14.3 Å². The molecule has 0 fully saturated rings. The van der Waals surface area contributed by atoms with Gasteiger partial charge in [0.25, 0.3) is 0 Å². The summed E-state index contributed by atoms with van der Waals surface area (Å²) >= 11 is 6.13. The lowest BCUT2D eigenvalue weighted by Gasteiger charge is -2.21. The van der Waals surface area contributed by atoms with Crippen molar-refractivity contribution in [3.63, 3.8) is 0 Å². The van der Waals surface area contributed by atoms with E-state index in [1.165, 1.54) is 12.8 Å². The monoisotopic (exact) mass is 506 g/mol. The molecule has 2 aromatic rings.